The van der Waals surface area contributed by atoms with Gasteiger partial charge < -0.3 is 10.4 Å². The molecular formula is C10H23NO. The molecule has 0 spiro atoms. The third-order valence-electron chi connectivity index (χ3n) is 2.62. The molecule has 0 aromatic heterocycles. The van der Waals surface area contributed by atoms with Crippen LogP contribution in [0.25, 0.3) is 0 Å². The highest BCUT2D eigenvalue weighted by Crippen LogP contribution is 2.08. The Hall–Kier alpha value is -0.0800. The van der Waals surface area contributed by atoms with Crippen LogP contribution in [0.3, 0.4) is 0 Å². The zero-order chi connectivity index (χ0) is 9.72. The van der Waals surface area contributed by atoms with Crippen molar-refractivity contribution in [2.24, 2.45) is 11.8 Å². The standard InChI is InChI=1S/C10H23NO/c1-7(2)8(3)6-11-9(4)10(5)12/h7-12H,6H2,1-5H3. The SMILES string of the molecule is CC(C)C(C)CNC(C)C(C)O. The summed E-state index contributed by atoms with van der Waals surface area (Å²) in [6, 6.07) is 0.200. The monoisotopic (exact) mass is 173 g/mol. The molecule has 3 unspecified atom stereocenters. The summed E-state index contributed by atoms with van der Waals surface area (Å²) in [5, 5.41) is 12.5. The van der Waals surface area contributed by atoms with E-state index in [9.17, 15) is 5.11 Å². The highest BCUT2D eigenvalue weighted by molar-refractivity contribution is 4.69. The fraction of sp³-hybridized carbons (Fsp3) is 1.00. The van der Waals surface area contributed by atoms with E-state index in [1.807, 2.05) is 13.8 Å². The number of aliphatic hydroxyl groups is 1. The Kier molecular flexibility index (Phi) is 5.51. The van der Waals surface area contributed by atoms with Gasteiger partial charge in [0.15, 0.2) is 0 Å². The fourth-order valence-electron chi connectivity index (χ4n) is 0.778. The minimum atomic E-state index is -0.260. The number of hydrogen-bond acceptors (Lipinski definition) is 2. The third-order valence-corrected chi connectivity index (χ3v) is 2.62. The Balaban J connectivity index is 3.54. The maximum Gasteiger partial charge on any atom is 0.0662 e. The lowest BCUT2D eigenvalue weighted by atomic mass is 9.98. The summed E-state index contributed by atoms with van der Waals surface area (Å²) in [6.07, 6.45) is -0.260. The third kappa shape index (κ3) is 4.73. The molecular weight excluding hydrogens is 150 g/mol. The van der Waals surface area contributed by atoms with Gasteiger partial charge in [-0.3, -0.25) is 0 Å². The predicted molar refractivity (Wildman–Crippen MR) is 53.1 cm³/mol. The van der Waals surface area contributed by atoms with Crippen molar-refractivity contribution in [1.82, 2.24) is 5.32 Å². The molecule has 0 aliphatic rings. The van der Waals surface area contributed by atoms with E-state index in [1.165, 1.54) is 0 Å². The number of nitrogens with one attached hydrogen (secondary N) is 1. The molecule has 0 saturated heterocycles. The van der Waals surface area contributed by atoms with Crippen molar-refractivity contribution < 1.29 is 5.11 Å². The topological polar surface area (TPSA) is 32.3 Å². The molecule has 0 aromatic rings. The minimum absolute atomic E-state index is 0.200. The molecule has 0 aliphatic carbocycles. The summed E-state index contributed by atoms with van der Waals surface area (Å²) in [5.41, 5.74) is 0. The van der Waals surface area contributed by atoms with E-state index < -0.39 is 0 Å². The molecule has 74 valence electrons. The van der Waals surface area contributed by atoms with Crippen LogP contribution in [0.5, 0.6) is 0 Å². The molecule has 0 bridgehead atoms. The van der Waals surface area contributed by atoms with Gasteiger partial charge >= 0.3 is 0 Å². The smallest absolute Gasteiger partial charge is 0.0662 e. The van der Waals surface area contributed by atoms with Crippen molar-refractivity contribution >= 4 is 0 Å². The van der Waals surface area contributed by atoms with Gasteiger partial charge in [0, 0.05) is 6.04 Å². The van der Waals surface area contributed by atoms with Crippen LogP contribution in [-0.2, 0) is 0 Å². The lowest BCUT2D eigenvalue weighted by Crippen LogP contribution is -2.38. The molecule has 0 heterocycles. The van der Waals surface area contributed by atoms with Crippen molar-refractivity contribution in [3.05, 3.63) is 0 Å². The van der Waals surface area contributed by atoms with Crippen molar-refractivity contribution in [2.75, 3.05) is 6.54 Å². The second-order valence-electron chi connectivity index (χ2n) is 4.16. The molecule has 0 rings (SSSR count). The molecule has 2 N–H and O–H groups in total. The van der Waals surface area contributed by atoms with Gasteiger partial charge in [-0.1, -0.05) is 20.8 Å². The fourth-order valence-corrected chi connectivity index (χ4v) is 0.778. The van der Waals surface area contributed by atoms with Crippen molar-refractivity contribution in [1.29, 1.82) is 0 Å². The molecule has 0 amide bonds. The molecule has 3 atom stereocenters. The quantitative estimate of drug-likeness (QED) is 0.662. The second-order valence-corrected chi connectivity index (χ2v) is 4.16. The lowest BCUT2D eigenvalue weighted by molar-refractivity contribution is 0.148. The summed E-state index contributed by atoms with van der Waals surface area (Å²) in [7, 11) is 0. The van der Waals surface area contributed by atoms with Gasteiger partial charge in [0.25, 0.3) is 0 Å². The summed E-state index contributed by atoms with van der Waals surface area (Å²) in [4.78, 5) is 0. The van der Waals surface area contributed by atoms with E-state index in [2.05, 4.69) is 26.1 Å². The lowest BCUT2D eigenvalue weighted by Gasteiger charge is -2.21. The van der Waals surface area contributed by atoms with Crippen molar-refractivity contribution in [2.45, 2.75) is 46.8 Å². The molecule has 2 nitrogen and oxygen atoms in total. The second kappa shape index (κ2) is 5.55. The van der Waals surface area contributed by atoms with Gasteiger partial charge in [-0.2, -0.15) is 0 Å². The van der Waals surface area contributed by atoms with Crippen LogP contribution in [0.2, 0.25) is 0 Å². The summed E-state index contributed by atoms with van der Waals surface area (Å²) in [6.45, 7) is 11.5. The van der Waals surface area contributed by atoms with Crippen molar-refractivity contribution in [3.63, 3.8) is 0 Å². The molecule has 0 aliphatic heterocycles. The van der Waals surface area contributed by atoms with Crippen LogP contribution in [0.15, 0.2) is 0 Å². The Labute approximate surface area is 76.4 Å². The average Bonchev–Trinajstić information content (AvgIpc) is 1.98. The Bertz CT molecular complexity index is 98.4. The van der Waals surface area contributed by atoms with Gasteiger partial charge in [-0.25, -0.2) is 0 Å². The summed E-state index contributed by atoms with van der Waals surface area (Å²) < 4.78 is 0. The van der Waals surface area contributed by atoms with Crippen LogP contribution in [0.4, 0.5) is 0 Å². The first-order valence-electron chi connectivity index (χ1n) is 4.86. The molecule has 12 heavy (non-hydrogen) atoms. The maximum atomic E-state index is 9.21. The van der Waals surface area contributed by atoms with Crippen LogP contribution >= 0.6 is 0 Å². The minimum Gasteiger partial charge on any atom is -0.392 e. The first-order valence-corrected chi connectivity index (χ1v) is 4.86. The van der Waals surface area contributed by atoms with E-state index in [4.69, 9.17) is 0 Å². The highest BCUT2D eigenvalue weighted by Gasteiger charge is 2.11. The summed E-state index contributed by atoms with van der Waals surface area (Å²) in [5.74, 6) is 1.38. The van der Waals surface area contributed by atoms with E-state index in [1.54, 1.807) is 0 Å². The van der Waals surface area contributed by atoms with Crippen molar-refractivity contribution in [3.8, 4) is 0 Å². The van der Waals surface area contributed by atoms with Crippen LogP contribution in [0.1, 0.15) is 34.6 Å². The van der Waals surface area contributed by atoms with Gasteiger partial charge in [0.05, 0.1) is 6.10 Å². The van der Waals surface area contributed by atoms with Gasteiger partial charge in [-0.05, 0) is 32.2 Å². The predicted octanol–water partition coefficient (Wildman–Crippen LogP) is 1.64. The van der Waals surface area contributed by atoms with E-state index in [0.29, 0.717) is 11.8 Å². The van der Waals surface area contributed by atoms with Gasteiger partial charge in [0.1, 0.15) is 0 Å². The molecule has 0 saturated carbocycles. The maximum absolute atomic E-state index is 9.21. The van der Waals surface area contributed by atoms with Gasteiger partial charge in [-0.15, -0.1) is 0 Å². The van der Waals surface area contributed by atoms with E-state index in [0.717, 1.165) is 6.54 Å². The number of hydrogen-bond donors (Lipinski definition) is 2. The van der Waals surface area contributed by atoms with Gasteiger partial charge in [0.2, 0.25) is 0 Å². The molecule has 0 radical (unpaired) electrons. The number of aliphatic hydroxyl groups excluding tert-OH is 1. The first-order chi connectivity index (χ1) is 5.45. The normalized spacial score (nSPS) is 19.2. The Morgan fingerprint density at radius 2 is 1.58 bits per heavy atom. The van der Waals surface area contributed by atoms with Crippen LogP contribution in [-0.4, -0.2) is 23.8 Å². The zero-order valence-corrected chi connectivity index (χ0v) is 8.96. The van der Waals surface area contributed by atoms with E-state index >= 15 is 0 Å². The first kappa shape index (κ1) is 11.9. The Morgan fingerprint density at radius 3 is 1.92 bits per heavy atom. The Morgan fingerprint density at radius 1 is 1.08 bits per heavy atom. The zero-order valence-electron chi connectivity index (χ0n) is 8.96. The molecule has 2 heteroatoms. The van der Waals surface area contributed by atoms with E-state index in [-0.39, 0.29) is 12.1 Å². The molecule has 0 fully saturated rings. The largest absolute Gasteiger partial charge is 0.392 e. The molecule has 0 aromatic carbocycles. The summed E-state index contributed by atoms with van der Waals surface area (Å²) >= 11 is 0. The number of rotatable bonds is 5. The average molecular weight is 173 g/mol. The highest BCUT2D eigenvalue weighted by atomic mass is 16.3. The van der Waals surface area contributed by atoms with Crippen LogP contribution in [0, 0.1) is 11.8 Å². The van der Waals surface area contributed by atoms with Crippen LogP contribution < -0.4 is 5.32 Å².